The Morgan fingerprint density at radius 2 is 1.95 bits per heavy atom. The number of aromatic nitrogens is 1. The van der Waals surface area contributed by atoms with Crippen LogP contribution in [0.25, 0.3) is 10.9 Å². The van der Waals surface area contributed by atoms with Crippen LogP contribution in [0.1, 0.15) is 83.6 Å². The van der Waals surface area contributed by atoms with Crippen molar-refractivity contribution < 1.29 is 22.7 Å². The first kappa shape index (κ1) is 28.6. The number of hydrogen-bond acceptors (Lipinski definition) is 6. The van der Waals surface area contributed by atoms with Crippen LogP contribution in [0.3, 0.4) is 0 Å². The number of ether oxygens (including phenoxy) is 2. The van der Waals surface area contributed by atoms with Crippen molar-refractivity contribution in [2.75, 3.05) is 26.5 Å². The topological polar surface area (TPSA) is 101 Å². The van der Waals surface area contributed by atoms with Gasteiger partial charge in [0.25, 0.3) is 5.91 Å². The second-order valence-corrected chi connectivity index (χ2v) is 13.0. The number of methoxy groups -OCH3 is 1. The number of nitrogens with one attached hydrogen (secondary N) is 2. The summed E-state index contributed by atoms with van der Waals surface area (Å²) in [6, 6.07) is 10.0. The van der Waals surface area contributed by atoms with Crippen molar-refractivity contribution in [2.24, 2.45) is 0 Å². The lowest BCUT2D eigenvalue weighted by atomic mass is 9.87. The number of benzene rings is 2. The maximum absolute atomic E-state index is 12.7. The quantitative estimate of drug-likeness (QED) is 0.428. The Labute approximate surface area is 237 Å². The van der Waals surface area contributed by atoms with Crippen molar-refractivity contribution in [3.8, 4) is 5.75 Å². The average molecular weight is 568 g/mol. The van der Waals surface area contributed by atoms with Crippen molar-refractivity contribution >= 4 is 26.8 Å². The summed E-state index contributed by atoms with van der Waals surface area (Å²) in [5, 5.41) is 1.17. The molecule has 0 saturated carbocycles. The molecule has 8 nitrogen and oxygen atoms in total. The Hall–Kier alpha value is -2.88. The van der Waals surface area contributed by atoms with E-state index in [4.69, 9.17) is 9.47 Å². The lowest BCUT2D eigenvalue weighted by molar-refractivity contribution is -0.0202. The number of aryl methyl sites for hydroxylation is 2. The summed E-state index contributed by atoms with van der Waals surface area (Å²) in [5.41, 5.74) is 6.12. The fourth-order valence-corrected chi connectivity index (χ4v) is 6.80. The molecular formula is C31H41N3O5S. The van der Waals surface area contributed by atoms with Gasteiger partial charge in [0.05, 0.1) is 19.5 Å². The van der Waals surface area contributed by atoms with Gasteiger partial charge in [0, 0.05) is 54.0 Å². The molecule has 3 aromatic rings. The van der Waals surface area contributed by atoms with Crippen molar-refractivity contribution in [1.29, 1.82) is 0 Å². The predicted molar refractivity (Wildman–Crippen MR) is 157 cm³/mol. The van der Waals surface area contributed by atoms with Crippen LogP contribution in [0, 0.1) is 6.92 Å². The second kappa shape index (κ2) is 12.3. The Bertz CT molecular complexity index is 1470. The van der Waals surface area contributed by atoms with Crippen LogP contribution >= 0.6 is 0 Å². The zero-order valence-electron chi connectivity index (χ0n) is 23.8. The van der Waals surface area contributed by atoms with Crippen molar-refractivity contribution in [3.05, 3.63) is 64.3 Å². The Morgan fingerprint density at radius 1 is 1.15 bits per heavy atom. The van der Waals surface area contributed by atoms with Gasteiger partial charge in [-0.3, -0.25) is 9.69 Å². The molecule has 2 aliphatic rings. The standard InChI is InChI=1S/C31H41N3O5S/c1-21-17-29(38-2)27(26-12-14-32-30(21)26)20-34-15-13-24-19-28(34)25-11-10-23(31(35)33-40(3,36)37)18-22(25)9-7-5-4-6-8-16-39-24/h10-12,14,17-18,24,28,32H,4-9,13,15-16,19-20H2,1-3H3,(H,33,35)/t24-,28-/m0/s1. The molecule has 0 spiro atoms. The monoisotopic (exact) mass is 567 g/mol. The van der Waals surface area contributed by atoms with Crippen LogP contribution in [0.4, 0.5) is 0 Å². The molecule has 1 fully saturated rings. The van der Waals surface area contributed by atoms with Gasteiger partial charge in [-0.05, 0) is 80.0 Å². The van der Waals surface area contributed by atoms with E-state index in [2.05, 4.69) is 33.7 Å². The number of likely N-dealkylation sites (tertiary alicyclic amines) is 1. The smallest absolute Gasteiger partial charge is 0.264 e. The third-order valence-corrected chi connectivity index (χ3v) is 8.90. The van der Waals surface area contributed by atoms with Gasteiger partial charge in [0.2, 0.25) is 10.0 Å². The third kappa shape index (κ3) is 6.53. The van der Waals surface area contributed by atoms with Gasteiger partial charge >= 0.3 is 0 Å². The van der Waals surface area contributed by atoms with E-state index < -0.39 is 15.9 Å². The van der Waals surface area contributed by atoms with E-state index in [0.717, 1.165) is 105 Å². The molecule has 40 heavy (non-hydrogen) atoms. The highest BCUT2D eigenvalue weighted by molar-refractivity contribution is 7.89. The Kier molecular flexibility index (Phi) is 8.83. The lowest BCUT2D eigenvalue weighted by Crippen LogP contribution is -2.40. The van der Waals surface area contributed by atoms with Crippen LogP contribution in [-0.2, 0) is 27.7 Å². The summed E-state index contributed by atoms with van der Waals surface area (Å²) < 4.78 is 37.8. The lowest BCUT2D eigenvalue weighted by Gasteiger charge is -2.41. The number of nitrogens with zero attached hydrogens (tertiary/aromatic N) is 1. The Morgan fingerprint density at radius 3 is 2.75 bits per heavy atom. The van der Waals surface area contributed by atoms with Gasteiger partial charge in [-0.15, -0.1) is 0 Å². The highest BCUT2D eigenvalue weighted by Crippen LogP contribution is 2.39. The number of amides is 1. The number of fused-ring (bicyclic) bond motifs is 5. The molecule has 3 heterocycles. The van der Waals surface area contributed by atoms with Crippen LogP contribution in [0.5, 0.6) is 5.75 Å². The molecule has 1 amide bonds. The van der Waals surface area contributed by atoms with Gasteiger partial charge in [0.1, 0.15) is 5.75 Å². The van der Waals surface area contributed by atoms with Crippen molar-refractivity contribution in [1.82, 2.24) is 14.6 Å². The predicted octanol–water partition coefficient (Wildman–Crippen LogP) is 5.40. The van der Waals surface area contributed by atoms with Crippen LogP contribution in [-0.4, -0.2) is 56.8 Å². The van der Waals surface area contributed by atoms with Gasteiger partial charge in [-0.2, -0.15) is 0 Å². The summed E-state index contributed by atoms with van der Waals surface area (Å²) in [7, 11) is -1.92. The summed E-state index contributed by atoms with van der Waals surface area (Å²) in [6.45, 7) is 4.50. The maximum Gasteiger partial charge on any atom is 0.264 e. The largest absolute Gasteiger partial charge is 0.496 e. The van der Waals surface area contributed by atoms with Crippen LogP contribution < -0.4 is 9.46 Å². The second-order valence-electron chi connectivity index (χ2n) is 11.3. The van der Waals surface area contributed by atoms with Gasteiger partial charge in [0.15, 0.2) is 0 Å². The normalized spacial score (nSPS) is 21.1. The summed E-state index contributed by atoms with van der Waals surface area (Å²) in [4.78, 5) is 18.7. The van der Waals surface area contributed by atoms with E-state index in [-0.39, 0.29) is 12.1 Å². The van der Waals surface area contributed by atoms with E-state index in [9.17, 15) is 13.2 Å². The molecular weight excluding hydrogens is 526 g/mol. The van der Waals surface area contributed by atoms with Crippen LogP contribution in [0.2, 0.25) is 0 Å². The Balaban J connectivity index is 1.54. The molecule has 2 aliphatic heterocycles. The van der Waals surface area contributed by atoms with Gasteiger partial charge in [-0.25, -0.2) is 13.1 Å². The van der Waals surface area contributed by atoms with Crippen LogP contribution in [0.15, 0.2) is 36.5 Å². The number of aromatic amines is 1. The maximum atomic E-state index is 12.7. The molecule has 216 valence electrons. The minimum Gasteiger partial charge on any atom is -0.496 e. The summed E-state index contributed by atoms with van der Waals surface area (Å²) in [6.07, 6.45) is 11.4. The third-order valence-electron chi connectivity index (χ3n) is 8.34. The average Bonchev–Trinajstić information content (AvgIpc) is 3.42. The molecule has 0 radical (unpaired) electrons. The zero-order valence-corrected chi connectivity index (χ0v) is 24.6. The molecule has 0 aliphatic carbocycles. The molecule has 2 aromatic carbocycles. The van der Waals surface area contributed by atoms with Crippen molar-refractivity contribution in [3.63, 3.8) is 0 Å². The van der Waals surface area contributed by atoms with Crippen molar-refractivity contribution in [2.45, 2.75) is 77.0 Å². The first-order valence-electron chi connectivity index (χ1n) is 14.4. The molecule has 0 unspecified atom stereocenters. The number of carbonyl (C=O) groups is 1. The summed E-state index contributed by atoms with van der Waals surface area (Å²) >= 11 is 0. The number of H-pyrrole nitrogens is 1. The van der Waals surface area contributed by atoms with E-state index in [1.807, 2.05) is 18.3 Å². The number of sulfonamides is 1. The SMILES string of the molecule is COc1cc(C)c2[nH]ccc2c1CN1CC[C@H]2C[C@H]1c1ccc(C(=O)NS(C)(=O)=O)cc1CCCCCCCO2. The highest BCUT2D eigenvalue weighted by Gasteiger charge is 2.33. The summed E-state index contributed by atoms with van der Waals surface area (Å²) in [5.74, 6) is 0.301. The first-order chi connectivity index (χ1) is 19.2. The number of carbonyl (C=O) groups excluding carboxylic acids is 1. The molecule has 5 rings (SSSR count). The molecule has 2 bridgehead atoms. The fraction of sp³-hybridized carbons (Fsp3) is 0.516. The minimum atomic E-state index is -3.65. The van der Waals surface area contributed by atoms with Gasteiger partial charge in [-0.1, -0.05) is 25.3 Å². The minimum absolute atomic E-state index is 0.0986. The number of rotatable bonds is 5. The molecule has 1 aromatic heterocycles. The number of piperidine rings is 1. The first-order valence-corrected chi connectivity index (χ1v) is 16.3. The highest BCUT2D eigenvalue weighted by atomic mass is 32.2. The molecule has 2 atom stereocenters. The molecule has 2 N–H and O–H groups in total. The van der Waals surface area contributed by atoms with Gasteiger partial charge < -0.3 is 14.5 Å². The number of hydrogen-bond donors (Lipinski definition) is 2. The molecule has 1 saturated heterocycles. The van der Waals surface area contributed by atoms with E-state index in [1.54, 1.807) is 13.2 Å². The molecule has 9 heteroatoms. The van der Waals surface area contributed by atoms with E-state index >= 15 is 0 Å². The zero-order chi connectivity index (χ0) is 28.3. The van der Waals surface area contributed by atoms with E-state index in [0.29, 0.717) is 5.56 Å². The fourth-order valence-electron chi connectivity index (χ4n) is 6.34. The van der Waals surface area contributed by atoms with E-state index in [1.165, 1.54) is 10.9 Å².